The lowest BCUT2D eigenvalue weighted by molar-refractivity contribution is 0.175. The molecule has 19 heavy (non-hydrogen) atoms. The molecule has 2 atom stereocenters. The quantitative estimate of drug-likeness (QED) is 0.904. The number of benzene rings is 1. The summed E-state index contributed by atoms with van der Waals surface area (Å²) in [5.41, 5.74) is 2.72. The van der Waals surface area contributed by atoms with E-state index in [1.807, 2.05) is 0 Å². The molecule has 0 saturated carbocycles. The van der Waals surface area contributed by atoms with E-state index < -0.39 is 0 Å². The van der Waals surface area contributed by atoms with E-state index in [0.29, 0.717) is 12.0 Å². The van der Waals surface area contributed by atoms with Crippen LogP contribution in [0.25, 0.3) is 0 Å². The molecule has 0 radical (unpaired) electrons. The molecule has 0 amide bonds. The molecule has 104 valence electrons. The van der Waals surface area contributed by atoms with Gasteiger partial charge in [0.1, 0.15) is 0 Å². The molecule has 2 aliphatic heterocycles. The van der Waals surface area contributed by atoms with Gasteiger partial charge in [-0.1, -0.05) is 0 Å². The van der Waals surface area contributed by atoms with E-state index in [9.17, 15) is 0 Å². The fourth-order valence-corrected chi connectivity index (χ4v) is 3.15. The Morgan fingerprint density at radius 2 is 2.00 bits per heavy atom. The van der Waals surface area contributed by atoms with Crippen LogP contribution in [0, 0.1) is 5.92 Å². The Morgan fingerprint density at radius 3 is 2.68 bits per heavy atom. The van der Waals surface area contributed by atoms with Gasteiger partial charge in [-0.25, -0.2) is 0 Å². The molecule has 1 saturated heterocycles. The highest BCUT2D eigenvalue weighted by molar-refractivity contribution is 5.49. The first kappa shape index (κ1) is 12.8. The first-order valence-corrected chi connectivity index (χ1v) is 6.89. The van der Waals surface area contributed by atoms with Crippen molar-refractivity contribution in [2.24, 2.45) is 5.92 Å². The zero-order valence-electron chi connectivity index (χ0n) is 11.6. The Hall–Kier alpha value is -1.26. The summed E-state index contributed by atoms with van der Waals surface area (Å²) in [5, 5.41) is 3.63. The molecule has 0 spiro atoms. The van der Waals surface area contributed by atoms with Crippen LogP contribution in [0.4, 0.5) is 0 Å². The van der Waals surface area contributed by atoms with E-state index in [0.717, 1.165) is 44.1 Å². The van der Waals surface area contributed by atoms with E-state index in [2.05, 4.69) is 17.4 Å². The lowest BCUT2D eigenvalue weighted by Crippen LogP contribution is -2.35. The molecule has 1 aromatic carbocycles. The molecule has 0 bridgehead atoms. The van der Waals surface area contributed by atoms with Gasteiger partial charge in [-0.05, 0) is 42.6 Å². The normalized spacial score (nSPS) is 26.0. The van der Waals surface area contributed by atoms with Crippen LogP contribution < -0.4 is 14.8 Å². The van der Waals surface area contributed by atoms with Crippen LogP contribution in [0.15, 0.2) is 12.1 Å². The van der Waals surface area contributed by atoms with E-state index in [1.54, 1.807) is 14.2 Å². The Bertz CT molecular complexity index is 455. The summed E-state index contributed by atoms with van der Waals surface area (Å²) < 4.78 is 16.4. The summed E-state index contributed by atoms with van der Waals surface area (Å²) in [5.74, 6) is 2.20. The molecule has 3 rings (SSSR count). The third-order valence-corrected chi connectivity index (χ3v) is 4.18. The van der Waals surface area contributed by atoms with Crippen LogP contribution in [0.5, 0.6) is 11.5 Å². The highest BCUT2D eigenvalue weighted by Gasteiger charge is 2.31. The highest BCUT2D eigenvalue weighted by Crippen LogP contribution is 2.39. The maximum atomic E-state index is 5.53. The van der Waals surface area contributed by atoms with Crippen molar-refractivity contribution in [3.05, 3.63) is 23.3 Å². The van der Waals surface area contributed by atoms with Crippen LogP contribution in [0.2, 0.25) is 0 Å². The van der Waals surface area contributed by atoms with Crippen LogP contribution in [-0.4, -0.2) is 34.0 Å². The molecule has 2 heterocycles. The molecule has 1 fully saturated rings. The summed E-state index contributed by atoms with van der Waals surface area (Å²) >= 11 is 0. The van der Waals surface area contributed by atoms with E-state index >= 15 is 0 Å². The maximum absolute atomic E-state index is 5.53. The third kappa shape index (κ3) is 2.30. The number of methoxy groups -OCH3 is 2. The lowest BCUT2D eigenvalue weighted by Gasteiger charge is -2.31. The van der Waals surface area contributed by atoms with Crippen molar-refractivity contribution in [1.82, 2.24) is 5.32 Å². The van der Waals surface area contributed by atoms with Crippen molar-refractivity contribution in [2.75, 3.05) is 34.0 Å². The van der Waals surface area contributed by atoms with Crippen LogP contribution in [0.1, 0.15) is 23.6 Å². The minimum absolute atomic E-state index is 0.381. The van der Waals surface area contributed by atoms with Crippen molar-refractivity contribution >= 4 is 0 Å². The standard InChI is InChI=1S/C15H21NO3/c1-17-13-7-10-3-5-16-15(11-4-6-19-9-11)12(10)8-14(13)18-2/h7-8,11,15-16H,3-6,9H2,1-2H3. The topological polar surface area (TPSA) is 39.7 Å². The van der Waals surface area contributed by atoms with Crippen molar-refractivity contribution in [3.8, 4) is 11.5 Å². The van der Waals surface area contributed by atoms with Crippen molar-refractivity contribution in [2.45, 2.75) is 18.9 Å². The van der Waals surface area contributed by atoms with E-state index in [-0.39, 0.29) is 0 Å². The third-order valence-electron chi connectivity index (χ3n) is 4.18. The van der Waals surface area contributed by atoms with Crippen molar-refractivity contribution in [1.29, 1.82) is 0 Å². The minimum Gasteiger partial charge on any atom is -0.493 e. The number of rotatable bonds is 3. The number of hydrogen-bond donors (Lipinski definition) is 1. The number of nitrogens with one attached hydrogen (secondary N) is 1. The lowest BCUT2D eigenvalue weighted by atomic mass is 9.85. The summed E-state index contributed by atoms with van der Waals surface area (Å²) in [6.07, 6.45) is 2.17. The maximum Gasteiger partial charge on any atom is 0.161 e. The van der Waals surface area contributed by atoms with Gasteiger partial charge in [-0.3, -0.25) is 0 Å². The molecular weight excluding hydrogens is 242 g/mol. The van der Waals surface area contributed by atoms with Gasteiger partial charge in [0, 0.05) is 18.6 Å². The zero-order chi connectivity index (χ0) is 13.2. The van der Waals surface area contributed by atoms with Gasteiger partial charge in [-0.15, -0.1) is 0 Å². The first-order valence-electron chi connectivity index (χ1n) is 6.89. The molecule has 4 heteroatoms. The van der Waals surface area contributed by atoms with Gasteiger partial charge in [-0.2, -0.15) is 0 Å². The average Bonchev–Trinajstić information content (AvgIpc) is 2.99. The van der Waals surface area contributed by atoms with Gasteiger partial charge in [0.25, 0.3) is 0 Å². The van der Waals surface area contributed by atoms with Gasteiger partial charge >= 0.3 is 0 Å². The molecule has 0 aliphatic carbocycles. The van der Waals surface area contributed by atoms with Gasteiger partial charge in [0.15, 0.2) is 11.5 Å². The van der Waals surface area contributed by atoms with Crippen molar-refractivity contribution < 1.29 is 14.2 Å². The molecule has 2 aliphatic rings. The smallest absolute Gasteiger partial charge is 0.161 e. The summed E-state index contributed by atoms with van der Waals surface area (Å²) in [4.78, 5) is 0. The predicted octanol–water partition coefficient (Wildman–Crippen LogP) is 1.93. The Kier molecular flexibility index (Phi) is 3.62. The Balaban J connectivity index is 1.98. The first-order chi connectivity index (χ1) is 9.33. The van der Waals surface area contributed by atoms with Gasteiger partial charge in [0.05, 0.1) is 20.8 Å². The predicted molar refractivity (Wildman–Crippen MR) is 72.9 cm³/mol. The summed E-state index contributed by atoms with van der Waals surface area (Å²) in [7, 11) is 3.38. The second-order valence-electron chi connectivity index (χ2n) is 5.21. The molecule has 1 aromatic rings. The summed E-state index contributed by atoms with van der Waals surface area (Å²) in [6.45, 7) is 2.75. The Morgan fingerprint density at radius 1 is 1.21 bits per heavy atom. The number of hydrogen-bond acceptors (Lipinski definition) is 4. The summed E-state index contributed by atoms with van der Waals surface area (Å²) in [6, 6.07) is 4.63. The monoisotopic (exact) mass is 263 g/mol. The van der Waals surface area contributed by atoms with E-state index in [1.165, 1.54) is 11.1 Å². The minimum atomic E-state index is 0.381. The largest absolute Gasteiger partial charge is 0.493 e. The fraction of sp³-hybridized carbons (Fsp3) is 0.600. The molecule has 0 aromatic heterocycles. The van der Waals surface area contributed by atoms with Gasteiger partial charge in [0.2, 0.25) is 0 Å². The van der Waals surface area contributed by atoms with E-state index in [4.69, 9.17) is 14.2 Å². The van der Waals surface area contributed by atoms with Crippen LogP contribution in [-0.2, 0) is 11.2 Å². The number of fused-ring (bicyclic) bond motifs is 1. The van der Waals surface area contributed by atoms with Crippen LogP contribution >= 0.6 is 0 Å². The SMILES string of the molecule is COc1cc2c(cc1OC)C(C1CCOC1)NCC2. The Labute approximate surface area is 114 Å². The second kappa shape index (κ2) is 5.39. The molecular formula is C15H21NO3. The molecule has 4 nitrogen and oxygen atoms in total. The zero-order valence-corrected chi connectivity index (χ0v) is 11.6. The molecule has 1 N–H and O–H groups in total. The van der Waals surface area contributed by atoms with Crippen LogP contribution in [0.3, 0.4) is 0 Å². The highest BCUT2D eigenvalue weighted by atomic mass is 16.5. The van der Waals surface area contributed by atoms with Gasteiger partial charge < -0.3 is 19.5 Å². The average molecular weight is 263 g/mol. The van der Waals surface area contributed by atoms with Crippen molar-refractivity contribution in [3.63, 3.8) is 0 Å². The molecule has 2 unspecified atom stereocenters. The fourth-order valence-electron chi connectivity index (χ4n) is 3.15. The number of ether oxygens (including phenoxy) is 3. The second-order valence-corrected chi connectivity index (χ2v) is 5.21.